The van der Waals surface area contributed by atoms with Crippen molar-refractivity contribution in [1.29, 1.82) is 0 Å². The Labute approximate surface area is 165 Å². The van der Waals surface area contributed by atoms with Crippen LogP contribution in [0.5, 0.6) is 0 Å². The van der Waals surface area contributed by atoms with Crippen molar-refractivity contribution in [2.24, 2.45) is 40.9 Å². The maximum absolute atomic E-state index is 10.3. The molecule has 0 bridgehead atoms. The Balaban J connectivity index is 1.30. The quantitative estimate of drug-likeness (QED) is 0.642. The highest BCUT2D eigenvalue weighted by Crippen LogP contribution is 2.65. The Morgan fingerprint density at radius 1 is 1.07 bits per heavy atom. The molecule has 0 aromatic carbocycles. The van der Waals surface area contributed by atoms with Crippen molar-refractivity contribution in [2.45, 2.75) is 103 Å². The van der Waals surface area contributed by atoms with Gasteiger partial charge in [0.2, 0.25) is 0 Å². The van der Waals surface area contributed by atoms with E-state index in [1.54, 1.807) is 5.57 Å². The Morgan fingerprint density at radius 2 is 1.89 bits per heavy atom. The van der Waals surface area contributed by atoms with Gasteiger partial charge in [-0.2, -0.15) is 0 Å². The Bertz CT molecular complexity index is 605. The van der Waals surface area contributed by atoms with Crippen molar-refractivity contribution >= 4 is 0 Å². The molecule has 5 aliphatic carbocycles. The summed E-state index contributed by atoms with van der Waals surface area (Å²) in [5.41, 5.74) is 1.87. The van der Waals surface area contributed by atoms with Crippen LogP contribution in [0.25, 0.3) is 0 Å². The van der Waals surface area contributed by atoms with Gasteiger partial charge in [0.1, 0.15) is 0 Å². The normalized spacial score (nSPS) is 48.8. The summed E-state index contributed by atoms with van der Waals surface area (Å²) in [7, 11) is 0. The zero-order valence-electron chi connectivity index (χ0n) is 17.5. The van der Waals surface area contributed by atoms with E-state index in [0.29, 0.717) is 5.41 Å². The van der Waals surface area contributed by atoms with Gasteiger partial charge in [-0.25, -0.2) is 0 Å². The zero-order valence-corrected chi connectivity index (χ0v) is 17.5. The van der Waals surface area contributed by atoms with Crippen LogP contribution in [0.2, 0.25) is 0 Å². The predicted molar refractivity (Wildman–Crippen MR) is 109 cm³/mol. The first-order chi connectivity index (χ1) is 12.9. The molecule has 0 radical (unpaired) electrons. The first-order valence-electron chi connectivity index (χ1n) is 12.0. The van der Waals surface area contributed by atoms with Crippen LogP contribution in [-0.4, -0.2) is 21.9 Å². The molecule has 8 unspecified atom stereocenters. The molecule has 0 aromatic rings. The Morgan fingerprint density at radius 3 is 2.67 bits per heavy atom. The summed E-state index contributed by atoms with van der Waals surface area (Å²) < 4.78 is 0. The predicted octanol–water partition coefficient (Wildman–Crippen LogP) is 5.48. The van der Waals surface area contributed by atoms with Gasteiger partial charge in [0, 0.05) is 0 Å². The average molecular weight is 373 g/mol. The van der Waals surface area contributed by atoms with Crippen LogP contribution in [0.1, 0.15) is 90.9 Å². The molecule has 0 heterocycles. The highest BCUT2D eigenvalue weighted by atomic mass is 16.3. The molecule has 4 saturated carbocycles. The van der Waals surface area contributed by atoms with Gasteiger partial charge in [-0.3, -0.25) is 0 Å². The fourth-order valence-electron chi connectivity index (χ4n) is 8.32. The highest BCUT2D eigenvalue weighted by molar-refractivity contribution is 5.20. The minimum absolute atomic E-state index is 0.0732. The monoisotopic (exact) mass is 372 g/mol. The lowest BCUT2D eigenvalue weighted by Crippen LogP contribution is -2.47. The van der Waals surface area contributed by atoms with E-state index in [-0.39, 0.29) is 11.7 Å². The second-order valence-corrected chi connectivity index (χ2v) is 11.5. The van der Waals surface area contributed by atoms with E-state index in [0.717, 1.165) is 67.6 Å². The van der Waals surface area contributed by atoms with E-state index in [1.807, 2.05) is 0 Å². The van der Waals surface area contributed by atoms with E-state index in [2.05, 4.69) is 19.9 Å². The van der Waals surface area contributed by atoms with Crippen LogP contribution in [0.4, 0.5) is 0 Å². The van der Waals surface area contributed by atoms with Gasteiger partial charge in [0.15, 0.2) is 0 Å². The molecule has 0 aliphatic heterocycles. The molecular formula is C25H40O2. The largest absolute Gasteiger partial charge is 0.393 e. The van der Waals surface area contributed by atoms with Gasteiger partial charge in [-0.1, -0.05) is 25.5 Å². The summed E-state index contributed by atoms with van der Waals surface area (Å²) in [5.74, 6) is 5.13. The van der Waals surface area contributed by atoms with Crippen molar-refractivity contribution < 1.29 is 10.2 Å². The van der Waals surface area contributed by atoms with Crippen molar-refractivity contribution in [2.75, 3.05) is 0 Å². The summed E-state index contributed by atoms with van der Waals surface area (Å²) in [6, 6.07) is 0. The third-order valence-electron chi connectivity index (χ3n) is 10.1. The molecule has 8 atom stereocenters. The molecule has 152 valence electrons. The third-order valence-corrected chi connectivity index (χ3v) is 10.1. The standard InChI is InChI=1S/C25H40O2/c1-16(9-12-25(27)13-14-25)22-7-8-23-21-5-3-17-15-18(26)4-6-19(17)20(21)10-11-24(22,23)2/h3,16,18-23,26-27H,4-15H2,1-2H3. The van der Waals surface area contributed by atoms with Gasteiger partial charge < -0.3 is 10.2 Å². The van der Waals surface area contributed by atoms with Crippen molar-refractivity contribution in [3.8, 4) is 0 Å². The van der Waals surface area contributed by atoms with Crippen molar-refractivity contribution in [1.82, 2.24) is 0 Å². The SMILES string of the molecule is CC(CCC1(O)CC1)C1CCC2C3CC=C4CC(O)CCC4C3CCC12C. The Hall–Kier alpha value is -0.340. The van der Waals surface area contributed by atoms with Crippen LogP contribution in [0.15, 0.2) is 11.6 Å². The van der Waals surface area contributed by atoms with Crippen LogP contribution < -0.4 is 0 Å². The number of aliphatic hydroxyl groups is 2. The second-order valence-electron chi connectivity index (χ2n) is 11.5. The molecule has 5 aliphatic rings. The first-order valence-corrected chi connectivity index (χ1v) is 12.0. The summed E-state index contributed by atoms with van der Waals surface area (Å²) in [5, 5.41) is 20.4. The van der Waals surface area contributed by atoms with Crippen molar-refractivity contribution in [3.63, 3.8) is 0 Å². The molecule has 5 rings (SSSR count). The average Bonchev–Trinajstić information content (AvgIpc) is 3.27. The second kappa shape index (κ2) is 6.59. The molecule has 27 heavy (non-hydrogen) atoms. The molecule has 0 saturated heterocycles. The molecule has 4 fully saturated rings. The van der Waals surface area contributed by atoms with Gasteiger partial charge in [0.25, 0.3) is 0 Å². The zero-order chi connectivity index (χ0) is 18.8. The number of hydrogen-bond acceptors (Lipinski definition) is 2. The van der Waals surface area contributed by atoms with E-state index < -0.39 is 0 Å². The van der Waals surface area contributed by atoms with Gasteiger partial charge >= 0.3 is 0 Å². The van der Waals surface area contributed by atoms with Crippen LogP contribution in [0, 0.1) is 40.9 Å². The number of rotatable bonds is 4. The van der Waals surface area contributed by atoms with E-state index in [4.69, 9.17) is 0 Å². The minimum Gasteiger partial charge on any atom is -0.393 e. The lowest BCUT2D eigenvalue weighted by Gasteiger charge is -2.54. The summed E-state index contributed by atoms with van der Waals surface area (Å²) in [6.45, 7) is 5.12. The van der Waals surface area contributed by atoms with Crippen LogP contribution in [-0.2, 0) is 0 Å². The fraction of sp³-hybridized carbons (Fsp3) is 0.920. The molecule has 2 N–H and O–H groups in total. The third kappa shape index (κ3) is 3.14. The topological polar surface area (TPSA) is 40.5 Å². The maximum Gasteiger partial charge on any atom is 0.0650 e. The van der Waals surface area contributed by atoms with E-state index >= 15 is 0 Å². The summed E-state index contributed by atoms with van der Waals surface area (Å²) >= 11 is 0. The molecule has 0 amide bonds. The van der Waals surface area contributed by atoms with Gasteiger partial charge in [0.05, 0.1) is 11.7 Å². The summed E-state index contributed by atoms with van der Waals surface area (Å²) in [4.78, 5) is 0. The highest BCUT2D eigenvalue weighted by Gasteiger charge is 2.56. The Kier molecular flexibility index (Phi) is 4.56. The molecular weight excluding hydrogens is 332 g/mol. The molecule has 2 heteroatoms. The molecule has 2 nitrogen and oxygen atoms in total. The number of aliphatic hydroxyl groups excluding tert-OH is 1. The van der Waals surface area contributed by atoms with Gasteiger partial charge in [-0.15, -0.1) is 0 Å². The van der Waals surface area contributed by atoms with Crippen LogP contribution >= 0.6 is 0 Å². The number of hydrogen-bond donors (Lipinski definition) is 2. The lowest BCUT2D eigenvalue weighted by atomic mass is 9.51. The van der Waals surface area contributed by atoms with Crippen molar-refractivity contribution in [3.05, 3.63) is 11.6 Å². The number of fused-ring (bicyclic) bond motifs is 5. The fourth-order valence-corrected chi connectivity index (χ4v) is 8.32. The lowest BCUT2D eigenvalue weighted by molar-refractivity contribution is -0.0306. The smallest absolute Gasteiger partial charge is 0.0650 e. The van der Waals surface area contributed by atoms with E-state index in [1.165, 1.54) is 44.9 Å². The minimum atomic E-state index is -0.277. The number of allylic oxidation sites excluding steroid dienone is 1. The maximum atomic E-state index is 10.3. The first kappa shape index (κ1) is 18.7. The van der Waals surface area contributed by atoms with Crippen LogP contribution in [0.3, 0.4) is 0 Å². The molecule has 0 spiro atoms. The molecule has 0 aromatic heterocycles. The summed E-state index contributed by atoms with van der Waals surface area (Å²) in [6.07, 6.45) is 17.0. The van der Waals surface area contributed by atoms with Gasteiger partial charge in [-0.05, 0) is 118 Å². The van der Waals surface area contributed by atoms with E-state index in [9.17, 15) is 10.2 Å².